The Hall–Kier alpha value is -1.14. The molecule has 6 nitrogen and oxygen atoms in total. The van der Waals surface area contributed by atoms with Gasteiger partial charge in [0.15, 0.2) is 0 Å². The first-order valence-electron chi connectivity index (χ1n) is 6.10. The summed E-state index contributed by atoms with van der Waals surface area (Å²) >= 11 is 0. The first kappa shape index (κ1) is 16.9. The van der Waals surface area contributed by atoms with Crippen molar-refractivity contribution in [3.8, 4) is 0 Å². The highest BCUT2D eigenvalue weighted by molar-refractivity contribution is 5.81. The van der Waals surface area contributed by atoms with Crippen molar-refractivity contribution < 1.29 is 19.4 Å². The normalized spacial score (nSPS) is 14.3. The molecule has 6 heteroatoms. The Morgan fingerprint density at radius 3 is 2.44 bits per heavy atom. The van der Waals surface area contributed by atoms with Crippen molar-refractivity contribution in [1.82, 2.24) is 5.32 Å². The number of amides is 1. The molecule has 0 aliphatic heterocycles. The Morgan fingerprint density at radius 1 is 1.39 bits per heavy atom. The lowest BCUT2D eigenvalue weighted by Gasteiger charge is -2.19. The summed E-state index contributed by atoms with van der Waals surface area (Å²) in [6, 6.07) is -0.709. The van der Waals surface area contributed by atoms with Gasteiger partial charge in [0.2, 0.25) is 5.91 Å². The maximum Gasteiger partial charge on any atom is 0.303 e. The molecule has 0 aromatic heterocycles. The number of nitrogens with two attached hydrogens (primary N) is 1. The molecule has 0 rings (SSSR count). The molecule has 0 aliphatic carbocycles. The van der Waals surface area contributed by atoms with Crippen LogP contribution in [0.4, 0.5) is 0 Å². The second-order valence-electron chi connectivity index (χ2n) is 4.90. The van der Waals surface area contributed by atoms with Crippen molar-refractivity contribution in [1.29, 1.82) is 0 Å². The van der Waals surface area contributed by atoms with Gasteiger partial charge in [-0.2, -0.15) is 0 Å². The maximum absolute atomic E-state index is 11.5. The number of aliphatic carboxylic acids is 1. The van der Waals surface area contributed by atoms with E-state index in [4.69, 9.17) is 15.6 Å². The van der Waals surface area contributed by atoms with E-state index in [-0.39, 0.29) is 24.9 Å². The van der Waals surface area contributed by atoms with Crippen molar-refractivity contribution in [2.75, 3.05) is 20.3 Å². The number of ether oxygens (including phenoxy) is 1. The van der Waals surface area contributed by atoms with Gasteiger partial charge in [-0.3, -0.25) is 9.59 Å². The predicted octanol–water partition coefficient (Wildman–Crippen LogP) is 0.213. The Kier molecular flexibility index (Phi) is 8.32. The van der Waals surface area contributed by atoms with Gasteiger partial charge in [0.25, 0.3) is 0 Å². The number of carboxylic acids is 1. The SMILES string of the molecule is COCC(N)C(=O)NCC(CC(=O)O)CC(C)C. The molecule has 2 unspecified atom stereocenters. The van der Waals surface area contributed by atoms with Gasteiger partial charge in [-0.1, -0.05) is 13.8 Å². The van der Waals surface area contributed by atoms with Gasteiger partial charge in [0, 0.05) is 20.1 Å². The Labute approximate surface area is 108 Å². The van der Waals surface area contributed by atoms with Gasteiger partial charge in [-0.15, -0.1) is 0 Å². The summed E-state index contributed by atoms with van der Waals surface area (Å²) in [5, 5.41) is 11.5. The quantitative estimate of drug-likeness (QED) is 0.550. The van der Waals surface area contributed by atoms with Crippen LogP contribution < -0.4 is 11.1 Å². The zero-order valence-electron chi connectivity index (χ0n) is 11.3. The third-order valence-electron chi connectivity index (χ3n) is 2.52. The van der Waals surface area contributed by atoms with E-state index in [1.165, 1.54) is 7.11 Å². The van der Waals surface area contributed by atoms with Crippen molar-refractivity contribution in [2.45, 2.75) is 32.7 Å². The summed E-state index contributed by atoms with van der Waals surface area (Å²) in [5.41, 5.74) is 5.56. The summed E-state index contributed by atoms with van der Waals surface area (Å²) < 4.78 is 4.78. The van der Waals surface area contributed by atoms with Crippen LogP contribution in [0, 0.1) is 11.8 Å². The second kappa shape index (κ2) is 8.88. The lowest BCUT2D eigenvalue weighted by Crippen LogP contribution is -2.45. The molecule has 1 amide bonds. The van der Waals surface area contributed by atoms with E-state index in [1.54, 1.807) is 0 Å². The summed E-state index contributed by atoms with van der Waals surface area (Å²) in [7, 11) is 1.47. The fourth-order valence-corrected chi connectivity index (χ4v) is 1.78. The summed E-state index contributed by atoms with van der Waals surface area (Å²) in [6.45, 7) is 4.53. The molecule has 0 spiro atoms. The number of hydrogen-bond donors (Lipinski definition) is 3. The van der Waals surface area contributed by atoms with Crippen LogP contribution in [0.1, 0.15) is 26.7 Å². The lowest BCUT2D eigenvalue weighted by atomic mass is 9.94. The molecule has 0 aromatic rings. The van der Waals surface area contributed by atoms with E-state index in [1.807, 2.05) is 13.8 Å². The van der Waals surface area contributed by atoms with Gasteiger partial charge in [-0.25, -0.2) is 0 Å². The van der Waals surface area contributed by atoms with Gasteiger partial charge in [-0.05, 0) is 18.3 Å². The Balaban J connectivity index is 4.16. The zero-order valence-corrected chi connectivity index (χ0v) is 11.3. The molecule has 0 radical (unpaired) electrons. The zero-order chi connectivity index (χ0) is 14.1. The topological polar surface area (TPSA) is 102 Å². The van der Waals surface area contributed by atoms with Crippen LogP contribution in [0.15, 0.2) is 0 Å². The van der Waals surface area contributed by atoms with E-state index in [9.17, 15) is 9.59 Å². The number of carbonyl (C=O) groups is 2. The molecule has 0 heterocycles. The summed E-state index contributed by atoms with van der Waals surface area (Å²) in [4.78, 5) is 22.3. The minimum atomic E-state index is -0.851. The first-order valence-corrected chi connectivity index (χ1v) is 6.10. The van der Waals surface area contributed by atoms with E-state index in [0.29, 0.717) is 12.5 Å². The van der Waals surface area contributed by atoms with Crippen LogP contribution in [-0.2, 0) is 14.3 Å². The van der Waals surface area contributed by atoms with Crippen molar-refractivity contribution >= 4 is 11.9 Å². The van der Waals surface area contributed by atoms with Crippen molar-refractivity contribution in [3.05, 3.63) is 0 Å². The minimum absolute atomic E-state index is 0.0535. The smallest absolute Gasteiger partial charge is 0.303 e. The largest absolute Gasteiger partial charge is 0.481 e. The molecule has 2 atom stereocenters. The summed E-state index contributed by atoms with van der Waals surface area (Å²) in [6.07, 6.45) is 0.810. The molecule has 18 heavy (non-hydrogen) atoms. The third-order valence-corrected chi connectivity index (χ3v) is 2.52. The molecule has 0 saturated heterocycles. The monoisotopic (exact) mass is 260 g/mol. The Bertz CT molecular complexity index is 269. The molecule has 0 aliphatic rings. The van der Waals surface area contributed by atoms with Gasteiger partial charge in [0.1, 0.15) is 6.04 Å². The van der Waals surface area contributed by atoms with Crippen LogP contribution >= 0.6 is 0 Å². The van der Waals surface area contributed by atoms with E-state index in [0.717, 1.165) is 6.42 Å². The first-order chi connectivity index (χ1) is 8.36. The molecule has 0 fully saturated rings. The third kappa shape index (κ3) is 8.03. The number of nitrogens with one attached hydrogen (secondary N) is 1. The van der Waals surface area contributed by atoms with Crippen LogP contribution in [0.2, 0.25) is 0 Å². The number of hydrogen-bond acceptors (Lipinski definition) is 4. The van der Waals surface area contributed by atoms with Crippen LogP contribution in [0.3, 0.4) is 0 Å². The van der Waals surface area contributed by atoms with Gasteiger partial charge in [0.05, 0.1) is 6.61 Å². The van der Waals surface area contributed by atoms with Crippen LogP contribution in [0.5, 0.6) is 0 Å². The fourth-order valence-electron chi connectivity index (χ4n) is 1.78. The second-order valence-corrected chi connectivity index (χ2v) is 4.90. The number of carboxylic acid groups (broad SMARTS) is 1. The molecule has 0 bridgehead atoms. The number of rotatable bonds is 9. The minimum Gasteiger partial charge on any atom is -0.481 e. The van der Waals surface area contributed by atoms with Crippen LogP contribution in [-0.4, -0.2) is 43.3 Å². The molecular formula is C12H24N2O4. The Morgan fingerprint density at radius 2 is 2.00 bits per heavy atom. The summed E-state index contributed by atoms with van der Waals surface area (Å²) in [5.74, 6) is -0.841. The number of carbonyl (C=O) groups excluding carboxylic acids is 1. The molecule has 106 valence electrons. The standard InChI is InChI=1S/C12H24N2O4/c1-8(2)4-9(5-11(15)16)6-14-12(17)10(13)7-18-3/h8-10H,4-7,13H2,1-3H3,(H,14,17)(H,15,16). The lowest BCUT2D eigenvalue weighted by molar-refractivity contribution is -0.138. The van der Waals surface area contributed by atoms with Gasteiger partial charge < -0.3 is 20.9 Å². The molecule has 0 aromatic carbocycles. The van der Waals surface area contributed by atoms with Crippen molar-refractivity contribution in [3.63, 3.8) is 0 Å². The highest BCUT2D eigenvalue weighted by Crippen LogP contribution is 2.14. The van der Waals surface area contributed by atoms with E-state index >= 15 is 0 Å². The average molecular weight is 260 g/mol. The molecular weight excluding hydrogens is 236 g/mol. The van der Waals surface area contributed by atoms with Gasteiger partial charge >= 0.3 is 5.97 Å². The fraction of sp³-hybridized carbons (Fsp3) is 0.833. The average Bonchev–Trinajstić information content (AvgIpc) is 2.24. The predicted molar refractivity (Wildman–Crippen MR) is 68.1 cm³/mol. The highest BCUT2D eigenvalue weighted by Gasteiger charge is 2.18. The molecule has 0 saturated carbocycles. The van der Waals surface area contributed by atoms with E-state index < -0.39 is 12.0 Å². The van der Waals surface area contributed by atoms with Crippen molar-refractivity contribution in [2.24, 2.45) is 17.6 Å². The molecule has 4 N–H and O–H groups in total. The van der Waals surface area contributed by atoms with E-state index in [2.05, 4.69) is 5.32 Å². The maximum atomic E-state index is 11.5. The number of methoxy groups -OCH3 is 1. The highest BCUT2D eigenvalue weighted by atomic mass is 16.5. The van der Waals surface area contributed by atoms with Crippen LogP contribution in [0.25, 0.3) is 0 Å².